The Morgan fingerprint density at radius 3 is 2.68 bits per heavy atom. The molecule has 1 aliphatic rings. The summed E-state index contributed by atoms with van der Waals surface area (Å²) in [6.45, 7) is 1.21. The molecule has 1 aromatic heterocycles. The SMILES string of the molecule is O=[N+]([O-])c1ccc(CN(CCO)C2CCCCC2)o1. The van der Waals surface area contributed by atoms with Gasteiger partial charge in [-0.15, -0.1) is 0 Å². The van der Waals surface area contributed by atoms with Crippen LogP contribution in [0.15, 0.2) is 16.5 Å². The van der Waals surface area contributed by atoms with Crippen molar-refractivity contribution in [3.63, 3.8) is 0 Å². The summed E-state index contributed by atoms with van der Waals surface area (Å²) in [6, 6.07) is 3.48. The van der Waals surface area contributed by atoms with E-state index in [1.807, 2.05) is 0 Å². The molecule has 1 aliphatic carbocycles. The van der Waals surface area contributed by atoms with Gasteiger partial charge in [0.25, 0.3) is 0 Å². The topological polar surface area (TPSA) is 79.8 Å². The van der Waals surface area contributed by atoms with E-state index in [0.29, 0.717) is 24.9 Å². The van der Waals surface area contributed by atoms with Gasteiger partial charge in [-0.2, -0.15) is 0 Å². The van der Waals surface area contributed by atoms with Gasteiger partial charge in [0.2, 0.25) is 0 Å². The number of hydrogen-bond acceptors (Lipinski definition) is 5. The molecule has 0 bridgehead atoms. The third kappa shape index (κ3) is 3.78. The van der Waals surface area contributed by atoms with Crippen LogP contribution in [0.1, 0.15) is 37.9 Å². The van der Waals surface area contributed by atoms with Crippen LogP contribution in [0.3, 0.4) is 0 Å². The highest BCUT2D eigenvalue weighted by atomic mass is 16.6. The first-order chi connectivity index (χ1) is 9.20. The van der Waals surface area contributed by atoms with Crippen LogP contribution < -0.4 is 0 Å². The Kier molecular flexibility index (Phi) is 4.93. The number of furan rings is 1. The summed E-state index contributed by atoms with van der Waals surface area (Å²) in [7, 11) is 0. The average molecular weight is 268 g/mol. The Morgan fingerprint density at radius 2 is 2.11 bits per heavy atom. The normalized spacial score (nSPS) is 16.9. The van der Waals surface area contributed by atoms with Crippen LogP contribution in [-0.4, -0.2) is 34.1 Å². The highest BCUT2D eigenvalue weighted by molar-refractivity contribution is 5.17. The largest absolute Gasteiger partial charge is 0.433 e. The predicted octanol–water partition coefficient (Wildman–Crippen LogP) is 2.31. The lowest BCUT2D eigenvalue weighted by Crippen LogP contribution is -2.38. The minimum Gasteiger partial charge on any atom is -0.404 e. The van der Waals surface area contributed by atoms with Gasteiger partial charge in [0.05, 0.1) is 19.2 Å². The van der Waals surface area contributed by atoms with Gasteiger partial charge in [-0.05, 0) is 18.9 Å². The third-order valence-electron chi connectivity index (χ3n) is 3.66. The first-order valence-corrected chi connectivity index (χ1v) is 6.78. The van der Waals surface area contributed by atoms with Gasteiger partial charge in [-0.25, -0.2) is 0 Å². The molecule has 19 heavy (non-hydrogen) atoms. The minimum absolute atomic E-state index is 0.0965. The quantitative estimate of drug-likeness (QED) is 0.632. The fourth-order valence-electron chi connectivity index (χ4n) is 2.72. The second-order valence-corrected chi connectivity index (χ2v) is 4.98. The highest BCUT2D eigenvalue weighted by Crippen LogP contribution is 2.25. The molecule has 0 saturated heterocycles. The summed E-state index contributed by atoms with van der Waals surface area (Å²) in [4.78, 5) is 12.2. The lowest BCUT2D eigenvalue weighted by atomic mass is 9.94. The van der Waals surface area contributed by atoms with E-state index in [9.17, 15) is 10.1 Å². The Hall–Kier alpha value is -1.40. The molecule has 1 fully saturated rings. The van der Waals surface area contributed by atoms with Gasteiger partial charge >= 0.3 is 5.88 Å². The van der Waals surface area contributed by atoms with Crippen molar-refractivity contribution in [1.29, 1.82) is 0 Å². The van der Waals surface area contributed by atoms with Crippen molar-refractivity contribution in [2.75, 3.05) is 13.2 Å². The van der Waals surface area contributed by atoms with Gasteiger partial charge in [0.1, 0.15) is 10.7 Å². The van der Waals surface area contributed by atoms with Crippen molar-refractivity contribution >= 4 is 5.88 Å². The summed E-state index contributed by atoms with van der Waals surface area (Å²) in [6.07, 6.45) is 5.96. The van der Waals surface area contributed by atoms with Crippen molar-refractivity contribution in [1.82, 2.24) is 4.90 Å². The van der Waals surface area contributed by atoms with E-state index < -0.39 is 4.92 Å². The Bertz CT molecular complexity index is 413. The molecule has 106 valence electrons. The summed E-state index contributed by atoms with van der Waals surface area (Å²) in [5.74, 6) is 0.369. The van der Waals surface area contributed by atoms with E-state index in [1.54, 1.807) is 6.07 Å². The fourth-order valence-corrected chi connectivity index (χ4v) is 2.72. The lowest BCUT2D eigenvalue weighted by molar-refractivity contribution is -0.402. The maximum absolute atomic E-state index is 10.6. The van der Waals surface area contributed by atoms with Crippen molar-refractivity contribution in [3.05, 3.63) is 28.0 Å². The predicted molar refractivity (Wildman–Crippen MR) is 69.7 cm³/mol. The summed E-state index contributed by atoms with van der Waals surface area (Å²) < 4.78 is 5.19. The van der Waals surface area contributed by atoms with Gasteiger partial charge < -0.3 is 9.52 Å². The molecule has 0 aromatic carbocycles. The van der Waals surface area contributed by atoms with E-state index in [2.05, 4.69) is 4.90 Å². The zero-order chi connectivity index (χ0) is 13.7. The van der Waals surface area contributed by atoms with Crippen molar-refractivity contribution in [3.8, 4) is 0 Å². The van der Waals surface area contributed by atoms with E-state index in [-0.39, 0.29) is 12.5 Å². The number of nitro groups is 1. The molecule has 0 radical (unpaired) electrons. The molecule has 1 N–H and O–H groups in total. The van der Waals surface area contributed by atoms with Gasteiger partial charge in [-0.3, -0.25) is 15.0 Å². The first-order valence-electron chi connectivity index (χ1n) is 6.78. The molecule has 1 aromatic rings. The van der Waals surface area contributed by atoms with Crippen molar-refractivity contribution < 1.29 is 14.4 Å². The number of aliphatic hydroxyl groups is 1. The van der Waals surface area contributed by atoms with Crippen molar-refractivity contribution in [2.24, 2.45) is 0 Å². The molecule has 2 rings (SSSR count). The minimum atomic E-state index is -0.527. The second kappa shape index (κ2) is 6.68. The fraction of sp³-hybridized carbons (Fsp3) is 0.692. The van der Waals surface area contributed by atoms with Gasteiger partial charge in [-0.1, -0.05) is 19.3 Å². The van der Waals surface area contributed by atoms with E-state index in [1.165, 1.54) is 25.3 Å². The Labute approximate surface area is 112 Å². The van der Waals surface area contributed by atoms with Crippen LogP contribution in [0.5, 0.6) is 0 Å². The molecule has 1 saturated carbocycles. The smallest absolute Gasteiger partial charge is 0.404 e. The first kappa shape index (κ1) is 14.0. The molecular weight excluding hydrogens is 248 g/mol. The van der Waals surface area contributed by atoms with E-state index in [0.717, 1.165) is 12.8 Å². The Morgan fingerprint density at radius 1 is 1.37 bits per heavy atom. The molecule has 6 heteroatoms. The van der Waals surface area contributed by atoms with Gasteiger partial charge in [0.15, 0.2) is 0 Å². The molecule has 1 heterocycles. The molecule has 0 aliphatic heterocycles. The monoisotopic (exact) mass is 268 g/mol. The third-order valence-corrected chi connectivity index (χ3v) is 3.66. The molecule has 0 atom stereocenters. The van der Waals surface area contributed by atoms with Crippen LogP contribution in [0.2, 0.25) is 0 Å². The van der Waals surface area contributed by atoms with E-state index >= 15 is 0 Å². The molecule has 0 amide bonds. The van der Waals surface area contributed by atoms with Crippen LogP contribution in [-0.2, 0) is 6.54 Å². The van der Waals surface area contributed by atoms with Crippen LogP contribution >= 0.6 is 0 Å². The molecular formula is C13H20N2O4. The molecule has 0 unspecified atom stereocenters. The maximum Gasteiger partial charge on any atom is 0.433 e. The summed E-state index contributed by atoms with van der Waals surface area (Å²) in [5, 5.41) is 19.7. The highest BCUT2D eigenvalue weighted by Gasteiger charge is 2.22. The molecule has 6 nitrogen and oxygen atoms in total. The number of nitrogens with zero attached hydrogens (tertiary/aromatic N) is 2. The van der Waals surface area contributed by atoms with Gasteiger partial charge in [0, 0.05) is 12.6 Å². The number of rotatable bonds is 6. The second-order valence-electron chi connectivity index (χ2n) is 4.98. The standard InChI is InChI=1S/C13H20N2O4/c16-9-8-14(11-4-2-1-3-5-11)10-12-6-7-13(19-12)15(17)18/h6-7,11,16H,1-5,8-10H2. The average Bonchev–Trinajstić information content (AvgIpc) is 2.88. The van der Waals surface area contributed by atoms with E-state index in [4.69, 9.17) is 9.52 Å². The van der Waals surface area contributed by atoms with Crippen molar-refractivity contribution in [2.45, 2.75) is 44.7 Å². The number of aliphatic hydroxyl groups excluding tert-OH is 1. The van der Waals surface area contributed by atoms with Crippen LogP contribution in [0.4, 0.5) is 5.88 Å². The zero-order valence-corrected chi connectivity index (χ0v) is 11.0. The summed E-state index contributed by atoms with van der Waals surface area (Å²) >= 11 is 0. The maximum atomic E-state index is 10.6. The Balaban J connectivity index is 2.00. The number of hydrogen-bond donors (Lipinski definition) is 1. The van der Waals surface area contributed by atoms with Crippen LogP contribution in [0, 0.1) is 10.1 Å². The lowest BCUT2D eigenvalue weighted by Gasteiger charge is -2.33. The molecule has 0 spiro atoms. The van der Waals surface area contributed by atoms with Crippen LogP contribution in [0.25, 0.3) is 0 Å². The zero-order valence-electron chi connectivity index (χ0n) is 11.0. The summed E-state index contributed by atoms with van der Waals surface area (Å²) in [5.41, 5.74) is 0.